The van der Waals surface area contributed by atoms with Crippen molar-refractivity contribution in [1.29, 1.82) is 0 Å². The summed E-state index contributed by atoms with van der Waals surface area (Å²) in [5, 5.41) is 16.7. The zero-order valence-corrected chi connectivity index (χ0v) is 32.3. The van der Waals surface area contributed by atoms with E-state index in [-0.39, 0.29) is 34.7 Å². The van der Waals surface area contributed by atoms with E-state index in [9.17, 15) is 32.3 Å². The molecule has 0 unspecified atom stereocenters. The molecule has 2 aliphatic heterocycles. The zero-order chi connectivity index (χ0) is 39.7. The molecule has 1 saturated carbocycles. The van der Waals surface area contributed by atoms with Crippen LogP contribution in [0.15, 0.2) is 60.0 Å². The highest BCUT2D eigenvalue weighted by Gasteiger charge is 2.53. The molecule has 2 fully saturated rings. The van der Waals surface area contributed by atoms with Crippen LogP contribution >= 0.6 is 22.6 Å². The summed E-state index contributed by atoms with van der Waals surface area (Å²) >= 11 is 0.934. The molecule has 1 spiro atoms. The largest absolute Gasteiger partial charge is 0.509 e. The van der Waals surface area contributed by atoms with Crippen LogP contribution in [-0.4, -0.2) is 88.9 Å². The number of hydrogen-bond acceptors (Lipinski definition) is 8. The van der Waals surface area contributed by atoms with Gasteiger partial charge in [-0.2, -0.15) is 22.0 Å². The van der Waals surface area contributed by atoms with Gasteiger partial charge in [0.05, 0.1) is 25.3 Å². The van der Waals surface area contributed by atoms with Gasteiger partial charge in [0.1, 0.15) is 23.6 Å². The van der Waals surface area contributed by atoms with Gasteiger partial charge in [-0.3, -0.25) is 24.5 Å². The Balaban J connectivity index is 1.29. The van der Waals surface area contributed by atoms with Crippen molar-refractivity contribution < 1.29 is 50.5 Å². The Kier molecular flexibility index (Phi) is 12.0. The van der Waals surface area contributed by atoms with Crippen LogP contribution in [0.1, 0.15) is 55.8 Å². The molecule has 1 saturated heterocycles. The van der Waals surface area contributed by atoms with Gasteiger partial charge in [0.25, 0.3) is 17.7 Å². The van der Waals surface area contributed by atoms with Crippen LogP contribution < -0.4 is 10.1 Å². The number of aliphatic hydroxyl groups excluding tert-OH is 1. The molecule has 0 bridgehead atoms. The van der Waals surface area contributed by atoms with Crippen LogP contribution in [0.4, 0.5) is 32.0 Å². The molecule has 2 N–H and O–H groups in total. The first kappa shape index (κ1) is 40.7. The van der Waals surface area contributed by atoms with E-state index in [4.69, 9.17) is 9.47 Å². The molecule has 3 aromatic rings. The molecule has 17 heteroatoms. The van der Waals surface area contributed by atoms with Crippen molar-refractivity contribution in [2.75, 3.05) is 51.8 Å². The fraction of sp³-hybridized carbons (Fsp3) is 0.447. The lowest BCUT2D eigenvalue weighted by molar-refractivity contribution is -0.162. The number of carbonyl (C=O) groups is 2. The fourth-order valence-corrected chi connectivity index (χ4v) is 7.50. The first-order valence-electron chi connectivity index (χ1n) is 17.8. The van der Waals surface area contributed by atoms with E-state index in [1.807, 2.05) is 0 Å². The number of aromatic nitrogens is 1. The molecule has 2 amide bonds. The van der Waals surface area contributed by atoms with Gasteiger partial charge >= 0.3 is 3.93 Å². The second-order valence-electron chi connectivity index (χ2n) is 13.7. The Morgan fingerprint density at radius 2 is 1.76 bits per heavy atom. The number of amides is 2. The van der Waals surface area contributed by atoms with Crippen molar-refractivity contribution >= 4 is 40.1 Å². The second-order valence-corrected chi connectivity index (χ2v) is 15.1. The van der Waals surface area contributed by atoms with Crippen LogP contribution in [0.2, 0.25) is 0 Å². The molecule has 0 atom stereocenters. The number of likely N-dealkylation sites (N-methyl/N-ethyl adjacent to an activating group) is 1. The molecule has 55 heavy (non-hydrogen) atoms. The van der Waals surface area contributed by atoms with Crippen LogP contribution in [0.25, 0.3) is 11.1 Å². The summed E-state index contributed by atoms with van der Waals surface area (Å²) in [6.07, 6.45) is 2.46. The van der Waals surface area contributed by atoms with E-state index >= 15 is 8.78 Å². The molecule has 10 nitrogen and oxygen atoms in total. The average Bonchev–Trinajstić information content (AvgIpc) is 3.67. The van der Waals surface area contributed by atoms with Crippen molar-refractivity contribution in [3.63, 3.8) is 0 Å². The first-order chi connectivity index (χ1) is 26.1. The van der Waals surface area contributed by atoms with E-state index in [0.29, 0.717) is 58.5 Å². The Morgan fingerprint density at radius 1 is 1.05 bits per heavy atom. The summed E-state index contributed by atoms with van der Waals surface area (Å²) in [5.74, 6) is -8.67. The summed E-state index contributed by atoms with van der Waals surface area (Å²) in [5.41, 5.74) is -3.10. The first-order valence-corrected chi connectivity index (χ1v) is 18.9. The van der Waals surface area contributed by atoms with Gasteiger partial charge < -0.3 is 19.9 Å². The highest BCUT2D eigenvalue weighted by atomic mass is 127. The Bertz CT molecular complexity index is 1950. The molecular weight excluding hydrogens is 847 g/mol. The van der Waals surface area contributed by atoms with Crippen LogP contribution in [0.5, 0.6) is 5.75 Å². The highest BCUT2D eigenvalue weighted by Crippen LogP contribution is 2.46. The van der Waals surface area contributed by atoms with E-state index in [0.717, 1.165) is 52.0 Å². The number of halogens is 7. The van der Waals surface area contributed by atoms with Crippen molar-refractivity contribution in [2.45, 2.75) is 61.0 Å². The smallest absolute Gasteiger partial charge is 0.321 e. The monoisotopic (exact) mass is 887 g/mol. The lowest BCUT2D eigenvalue weighted by Crippen LogP contribution is -2.62. The van der Waals surface area contributed by atoms with Gasteiger partial charge in [-0.15, -0.1) is 0 Å². The molecule has 3 aliphatic rings. The molecule has 0 radical (unpaired) electrons. The van der Waals surface area contributed by atoms with Gasteiger partial charge in [-0.1, -0.05) is 38.0 Å². The number of hydrogen-bond donors (Lipinski definition) is 2. The maximum atomic E-state index is 15.6. The minimum absolute atomic E-state index is 0.0150. The number of alkyl halides is 5. The van der Waals surface area contributed by atoms with E-state index in [1.54, 1.807) is 0 Å². The number of nitrogens with one attached hydrogen (secondary N) is 1. The number of benzene rings is 2. The minimum atomic E-state index is -3.35. The molecular formula is C38H40F6IN5O5. The maximum absolute atomic E-state index is 15.6. The van der Waals surface area contributed by atoms with E-state index in [2.05, 4.69) is 15.2 Å². The fourth-order valence-electron chi connectivity index (χ4n) is 7.17. The van der Waals surface area contributed by atoms with Crippen LogP contribution in [0, 0.1) is 11.6 Å². The van der Waals surface area contributed by atoms with Crippen LogP contribution in [-0.2, 0) is 30.7 Å². The van der Waals surface area contributed by atoms with Crippen molar-refractivity contribution in [1.82, 2.24) is 19.9 Å². The lowest BCUT2D eigenvalue weighted by atomic mass is 9.88. The molecule has 1 aromatic heterocycles. The summed E-state index contributed by atoms with van der Waals surface area (Å²) in [6, 6.07) is 8.17. The zero-order valence-electron chi connectivity index (χ0n) is 30.1. The normalized spacial score (nSPS) is 18.3. The Labute approximate surface area is 327 Å². The molecule has 296 valence electrons. The number of aliphatic hydroxyl groups is 1. The van der Waals surface area contributed by atoms with Crippen molar-refractivity contribution in [2.24, 2.45) is 0 Å². The minimum Gasteiger partial charge on any atom is -0.509 e. The topological polar surface area (TPSA) is 107 Å². The Morgan fingerprint density at radius 3 is 2.40 bits per heavy atom. The second kappa shape index (κ2) is 16.3. The number of carbonyl (C=O) groups excluding carboxylic acids is 2. The van der Waals surface area contributed by atoms with Crippen molar-refractivity contribution in [3.05, 3.63) is 88.4 Å². The number of morpholine rings is 1. The third-order valence-electron chi connectivity index (χ3n) is 10.5. The SMILES string of the molecule is CCC(F)(F)c1ccc(-c2cc(C(F)(F)I)ccc2NC(=O)C2=C(O)C3(CCCC3)N(C)N(Cc3ccc(OCCN4CCOCC4)c(F)c3F)C2=O)cn1. The number of ether oxygens (including phenoxy) is 2. The lowest BCUT2D eigenvalue weighted by Gasteiger charge is -2.48. The predicted molar refractivity (Wildman–Crippen MR) is 199 cm³/mol. The summed E-state index contributed by atoms with van der Waals surface area (Å²) in [7, 11) is 1.52. The van der Waals surface area contributed by atoms with Gasteiger partial charge in [-0.05, 0) is 37.1 Å². The van der Waals surface area contributed by atoms with E-state index < -0.39 is 74.4 Å². The maximum Gasteiger partial charge on any atom is 0.321 e. The summed E-state index contributed by atoms with van der Waals surface area (Å²) < 4.78 is 96.0. The Hall–Kier alpha value is -3.94. The third-order valence-corrected chi connectivity index (χ3v) is 11.1. The van der Waals surface area contributed by atoms with Crippen molar-refractivity contribution in [3.8, 4) is 16.9 Å². The average molecular weight is 888 g/mol. The van der Waals surface area contributed by atoms with E-state index in [1.165, 1.54) is 43.2 Å². The summed E-state index contributed by atoms with van der Waals surface area (Å²) in [6.45, 7) is 3.91. The molecule has 6 rings (SSSR count). The number of pyridine rings is 1. The molecule has 1 aliphatic carbocycles. The molecule has 2 aromatic carbocycles. The number of hydrazine groups is 1. The van der Waals surface area contributed by atoms with Gasteiger partial charge in [0.2, 0.25) is 5.82 Å². The predicted octanol–water partition coefficient (Wildman–Crippen LogP) is 7.68. The molecule has 3 heterocycles. The standard InChI is InChI=1S/C38H40F6IN5O5/c1-3-37(41,42)29-11-7-23(21-46-29)26-20-25(38(43,44)45)8-9-27(26)47-34(52)30-33(51)36(12-4-5-13-36)48(2)50(35(30)53)22-24-6-10-28(32(40)31(24)39)55-19-16-49-14-17-54-18-15-49/h6-11,20-21,51H,3-5,12-19,22H2,1-2H3,(H,47,52). The number of anilines is 1. The van der Waals surface area contributed by atoms with Gasteiger partial charge in [0.15, 0.2) is 11.6 Å². The highest BCUT2D eigenvalue weighted by molar-refractivity contribution is 14.1. The van der Waals surface area contributed by atoms with Gasteiger partial charge in [0, 0.05) is 89.8 Å². The summed E-state index contributed by atoms with van der Waals surface area (Å²) in [4.78, 5) is 34.1. The quantitative estimate of drug-likeness (QED) is 0.0827. The number of nitrogens with zero attached hydrogens (tertiary/aromatic N) is 4. The van der Waals surface area contributed by atoms with Crippen LogP contribution in [0.3, 0.4) is 0 Å². The third kappa shape index (κ3) is 8.30. The number of rotatable bonds is 12. The van der Waals surface area contributed by atoms with Gasteiger partial charge in [-0.25, -0.2) is 9.40 Å².